The van der Waals surface area contributed by atoms with Gasteiger partial charge in [0, 0.05) is 7.11 Å². The van der Waals surface area contributed by atoms with E-state index in [2.05, 4.69) is 11.0 Å². The van der Waals surface area contributed by atoms with Crippen LogP contribution in [-0.2, 0) is 4.74 Å². The van der Waals surface area contributed by atoms with Gasteiger partial charge in [0.25, 0.3) is 0 Å². The lowest BCUT2D eigenvalue weighted by Gasteiger charge is -2.35. The Morgan fingerprint density at radius 1 is 1.43 bits per heavy atom. The second kappa shape index (κ2) is 3.88. The van der Waals surface area contributed by atoms with E-state index in [-0.39, 0.29) is 5.54 Å². The summed E-state index contributed by atoms with van der Waals surface area (Å²) >= 11 is 0. The topological polar surface area (TPSA) is 36.3 Å². The molecule has 0 bridgehead atoms. The number of nitriles is 1. The van der Waals surface area contributed by atoms with Gasteiger partial charge in [-0.05, 0) is 44.7 Å². The highest BCUT2D eigenvalue weighted by atomic mass is 16.5. The average Bonchev–Trinajstić information content (AvgIpc) is 2.91. The lowest BCUT2D eigenvalue weighted by atomic mass is 9.94. The fraction of sp³-hybridized carbons (Fsp3) is 0.909. The molecular formula is C11H18N2O. The highest BCUT2D eigenvalue weighted by Crippen LogP contribution is 2.44. The van der Waals surface area contributed by atoms with Crippen LogP contribution in [0.3, 0.4) is 0 Å². The molecule has 0 aromatic heterocycles. The predicted octanol–water partition coefficient (Wildman–Crippen LogP) is 1.40. The van der Waals surface area contributed by atoms with Crippen molar-refractivity contribution in [2.75, 3.05) is 26.8 Å². The molecule has 3 heteroatoms. The van der Waals surface area contributed by atoms with Crippen LogP contribution in [0.5, 0.6) is 0 Å². The number of hydrogen-bond acceptors (Lipinski definition) is 3. The van der Waals surface area contributed by atoms with Crippen molar-refractivity contribution in [1.29, 1.82) is 5.26 Å². The third-order valence-electron chi connectivity index (χ3n) is 3.48. The van der Waals surface area contributed by atoms with E-state index in [0.29, 0.717) is 12.5 Å². The molecule has 14 heavy (non-hydrogen) atoms. The zero-order chi connectivity index (χ0) is 10.0. The van der Waals surface area contributed by atoms with Gasteiger partial charge in [-0.15, -0.1) is 0 Å². The first kappa shape index (κ1) is 9.95. The standard InChI is InChI=1S/C11H18N2O/c1-14-9-11(8-12,10-4-5-10)13-6-2-3-7-13/h10H,2-7,9H2,1H3. The largest absolute Gasteiger partial charge is 0.382 e. The second-order valence-electron chi connectivity index (χ2n) is 4.44. The first-order chi connectivity index (χ1) is 6.83. The number of nitrogens with zero attached hydrogens (tertiary/aromatic N) is 2. The molecule has 0 aromatic rings. The van der Waals surface area contributed by atoms with Gasteiger partial charge in [0.15, 0.2) is 0 Å². The molecule has 2 rings (SSSR count). The van der Waals surface area contributed by atoms with Gasteiger partial charge in [-0.25, -0.2) is 0 Å². The van der Waals surface area contributed by atoms with Crippen LogP contribution in [0.15, 0.2) is 0 Å². The van der Waals surface area contributed by atoms with E-state index < -0.39 is 0 Å². The first-order valence-electron chi connectivity index (χ1n) is 5.49. The maximum absolute atomic E-state index is 9.41. The molecule has 2 aliphatic rings. The molecule has 0 radical (unpaired) electrons. The van der Waals surface area contributed by atoms with Crippen LogP contribution in [0.2, 0.25) is 0 Å². The minimum atomic E-state index is -0.300. The number of methoxy groups -OCH3 is 1. The molecule has 2 fully saturated rings. The zero-order valence-electron chi connectivity index (χ0n) is 8.83. The summed E-state index contributed by atoms with van der Waals surface area (Å²) in [7, 11) is 1.70. The monoisotopic (exact) mass is 194 g/mol. The minimum absolute atomic E-state index is 0.300. The van der Waals surface area contributed by atoms with Gasteiger partial charge in [0.2, 0.25) is 0 Å². The van der Waals surface area contributed by atoms with Gasteiger partial charge in [-0.3, -0.25) is 4.90 Å². The minimum Gasteiger partial charge on any atom is -0.382 e. The van der Waals surface area contributed by atoms with Crippen LogP contribution in [0.25, 0.3) is 0 Å². The SMILES string of the molecule is COCC(C#N)(C1CC1)N1CCCC1. The third-order valence-corrected chi connectivity index (χ3v) is 3.48. The Morgan fingerprint density at radius 3 is 2.50 bits per heavy atom. The molecule has 1 saturated heterocycles. The smallest absolute Gasteiger partial charge is 0.135 e. The van der Waals surface area contributed by atoms with Crippen molar-refractivity contribution in [2.45, 2.75) is 31.2 Å². The summed E-state index contributed by atoms with van der Waals surface area (Å²) in [6.07, 6.45) is 4.88. The van der Waals surface area contributed by atoms with Gasteiger partial charge >= 0.3 is 0 Å². The van der Waals surface area contributed by atoms with Gasteiger partial charge in [-0.2, -0.15) is 5.26 Å². The summed E-state index contributed by atoms with van der Waals surface area (Å²) in [4.78, 5) is 2.34. The van der Waals surface area contributed by atoms with Crippen LogP contribution >= 0.6 is 0 Å². The maximum Gasteiger partial charge on any atom is 0.135 e. The van der Waals surface area contributed by atoms with Gasteiger partial charge in [0.05, 0.1) is 12.7 Å². The molecule has 0 spiro atoms. The normalized spacial score (nSPS) is 27.1. The zero-order valence-corrected chi connectivity index (χ0v) is 8.83. The number of likely N-dealkylation sites (tertiary alicyclic amines) is 1. The van der Waals surface area contributed by atoms with E-state index in [0.717, 1.165) is 13.1 Å². The Morgan fingerprint density at radius 2 is 2.07 bits per heavy atom. The van der Waals surface area contributed by atoms with E-state index in [4.69, 9.17) is 4.74 Å². The summed E-state index contributed by atoms with van der Waals surface area (Å²) < 4.78 is 5.25. The molecular weight excluding hydrogens is 176 g/mol. The predicted molar refractivity (Wildman–Crippen MR) is 53.8 cm³/mol. The molecule has 1 unspecified atom stereocenters. The second-order valence-corrected chi connectivity index (χ2v) is 4.44. The Balaban J connectivity index is 2.14. The summed E-state index contributed by atoms with van der Waals surface area (Å²) in [6, 6.07) is 2.52. The molecule has 1 aliphatic heterocycles. The Bertz CT molecular complexity index is 238. The molecule has 1 atom stereocenters. The summed E-state index contributed by atoms with van der Waals surface area (Å²) in [5.41, 5.74) is -0.300. The molecule has 1 aliphatic carbocycles. The van der Waals surface area contributed by atoms with E-state index in [1.807, 2.05) is 0 Å². The van der Waals surface area contributed by atoms with Crippen molar-refractivity contribution in [1.82, 2.24) is 4.90 Å². The lowest BCUT2D eigenvalue weighted by molar-refractivity contribution is 0.0467. The fourth-order valence-corrected chi connectivity index (χ4v) is 2.56. The van der Waals surface area contributed by atoms with E-state index in [1.54, 1.807) is 7.11 Å². The van der Waals surface area contributed by atoms with E-state index in [1.165, 1.54) is 25.7 Å². The summed E-state index contributed by atoms with van der Waals surface area (Å²) in [5.74, 6) is 0.561. The van der Waals surface area contributed by atoms with Crippen molar-refractivity contribution in [3.05, 3.63) is 0 Å². The summed E-state index contributed by atoms with van der Waals surface area (Å²) in [5, 5.41) is 9.41. The van der Waals surface area contributed by atoms with Crippen molar-refractivity contribution in [3.63, 3.8) is 0 Å². The van der Waals surface area contributed by atoms with Crippen LogP contribution in [-0.4, -0.2) is 37.2 Å². The number of hydrogen-bond donors (Lipinski definition) is 0. The van der Waals surface area contributed by atoms with Crippen LogP contribution in [0, 0.1) is 17.2 Å². The van der Waals surface area contributed by atoms with Crippen LogP contribution in [0.1, 0.15) is 25.7 Å². The molecule has 0 amide bonds. The highest BCUT2D eigenvalue weighted by molar-refractivity contribution is 5.17. The Kier molecular flexibility index (Phi) is 2.76. The fourth-order valence-electron chi connectivity index (χ4n) is 2.56. The Hall–Kier alpha value is -0.590. The summed E-state index contributed by atoms with van der Waals surface area (Å²) in [6.45, 7) is 2.73. The van der Waals surface area contributed by atoms with Gasteiger partial charge in [-0.1, -0.05) is 0 Å². The molecule has 1 saturated carbocycles. The van der Waals surface area contributed by atoms with E-state index >= 15 is 0 Å². The van der Waals surface area contributed by atoms with Crippen LogP contribution in [0.4, 0.5) is 0 Å². The van der Waals surface area contributed by atoms with E-state index in [9.17, 15) is 5.26 Å². The van der Waals surface area contributed by atoms with Crippen LogP contribution < -0.4 is 0 Å². The van der Waals surface area contributed by atoms with Gasteiger partial charge < -0.3 is 4.74 Å². The maximum atomic E-state index is 9.41. The molecule has 78 valence electrons. The quantitative estimate of drug-likeness (QED) is 0.678. The molecule has 3 nitrogen and oxygen atoms in total. The Labute approximate surface area is 85.6 Å². The molecule has 1 heterocycles. The van der Waals surface area contributed by atoms with Crippen molar-refractivity contribution >= 4 is 0 Å². The first-order valence-corrected chi connectivity index (χ1v) is 5.49. The van der Waals surface area contributed by atoms with Crippen molar-refractivity contribution in [3.8, 4) is 6.07 Å². The number of ether oxygens (including phenoxy) is 1. The average molecular weight is 194 g/mol. The number of rotatable bonds is 4. The highest BCUT2D eigenvalue weighted by Gasteiger charge is 2.50. The molecule has 0 aromatic carbocycles. The van der Waals surface area contributed by atoms with Crippen molar-refractivity contribution in [2.24, 2.45) is 5.92 Å². The van der Waals surface area contributed by atoms with Gasteiger partial charge in [0.1, 0.15) is 5.54 Å². The molecule has 0 N–H and O–H groups in total. The lowest BCUT2D eigenvalue weighted by Crippen LogP contribution is -2.51. The van der Waals surface area contributed by atoms with Crippen molar-refractivity contribution < 1.29 is 4.74 Å². The third kappa shape index (κ3) is 1.53.